The van der Waals surface area contributed by atoms with Gasteiger partial charge in [-0.15, -0.1) is 0 Å². The summed E-state index contributed by atoms with van der Waals surface area (Å²) in [5, 5.41) is 11.1. The van der Waals surface area contributed by atoms with E-state index in [-0.39, 0.29) is 5.60 Å². The molecule has 0 unspecified atom stereocenters. The third-order valence-electron chi connectivity index (χ3n) is 5.11. The molecule has 1 spiro atoms. The molecule has 1 aliphatic carbocycles. The van der Waals surface area contributed by atoms with Crippen molar-refractivity contribution >= 4 is 11.6 Å². The van der Waals surface area contributed by atoms with Crippen LogP contribution >= 0.6 is 11.6 Å². The van der Waals surface area contributed by atoms with Crippen LogP contribution in [-0.4, -0.2) is 10.7 Å². The van der Waals surface area contributed by atoms with E-state index >= 15 is 0 Å². The summed E-state index contributed by atoms with van der Waals surface area (Å²) in [5.41, 5.74) is 0.681. The lowest BCUT2D eigenvalue weighted by Crippen LogP contribution is -2.44. The Bertz CT molecular complexity index is 490. The van der Waals surface area contributed by atoms with Crippen molar-refractivity contribution in [2.45, 2.75) is 57.7 Å². The van der Waals surface area contributed by atoms with Crippen molar-refractivity contribution in [2.24, 2.45) is 11.8 Å². The third-order valence-corrected chi connectivity index (χ3v) is 5.34. The average Bonchev–Trinajstić information content (AvgIpc) is 2.40. The molecule has 0 saturated heterocycles. The zero-order chi connectivity index (χ0) is 14.3. The highest BCUT2D eigenvalue weighted by Crippen LogP contribution is 2.48. The van der Waals surface area contributed by atoms with E-state index in [0.29, 0.717) is 11.4 Å². The third kappa shape index (κ3) is 2.56. The van der Waals surface area contributed by atoms with Crippen LogP contribution in [0.3, 0.4) is 0 Å². The summed E-state index contributed by atoms with van der Waals surface area (Å²) < 4.78 is 6.30. The van der Waals surface area contributed by atoms with E-state index in [1.807, 2.05) is 18.2 Å². The molecule has 1 saturated carbocycles. The highest BCUT2D eigenvalue weighted by Gasteiger charge is 2.43. The number of fused-ring (bicyclic) bond motifs is 1. The Morgan fingerprint density at radius 3 is 2.65 bits per heavy atom. The molecule has 1 aromatic rings. The maximum atomic E-state index is 10.4. The van der Waals surface area contributed by atoms with Crippen LogP contribution in [0.2, 0.25) is 5.02 Å². The average molecular weight is 295 g/mol. The summed E-state index contributed by atoms with van der Waals surface area (Å²) in [6, 6.07) is 5.57. The summed E-state index contributed by atoms with van der Waals surface area (Å²) in [4.78, 5) is 0. The second-order valence-corrected chi connectivity index (χ2v) is 7.21. The largest absolute Gasteiger partial charge is 0.487 e. The van der Waals surface area contributed by atoms with Crippen LogP contribution in [0.5, 0.6) is 5.75 Å². The predicted octanol–water partition coefficient (Wildman–Crippen LogP) is 4.74. The molecule has 0 amide bonds. The van der Waals surface area contributed by atoms with Gasteiger partial charge in [0.05, 0.1) is 6.10 Å². The molecule has 1 heterocycles. The number of halogens is 1. The first kappa shape index (κ1) is 14.2. The fraction of sp³-hybridized carbons (Fsp3) is 0.647. The van der Waals surface area contributed by atoms with Crippen LogP contribution < -0.4 is 4.74 Å². The molecule has 2 nitrogen and oxygen atoms in total. The van der Waals surface area contributed by atoms with E-state index in [1.165, 1.54) is 12.8 Å². The molecule has 1 aliphatic heterocycles. The Morgan fingerprint density at radius 1 is 1.30 bits per heavy atom. The highest BCUT2D eigenvalue weighted by atomic mass is 35.5. The van der Waals surface area contributed by atoms with Crippen LogP contribution in [0.25, 0.3) is 0 Å². The predicted molar refractivity (Wildman–Crippen MR) is 81.2 cm³/mol. The fourth-order valence-electron chi connectivity index (χ4n) is 3.75. The van der Waals surface area contributed by atoms with Gasteiger partial charge < -0.3 is 9.84 Å². The van der Waals surface area contributed by atoms with Crippen molar-refractivity contribution in [3.05, 3.63) is 28.8 Å². The Balaban J connectivity index is 1.80. The second-order valence-electron chi connectivity index (χ2n) is 6.77. The SMILES string of the molecule is CC(C)C1CCC2(CC1)C[C@@H](O)c1cc(Cl)ccc1O2. The van der Waals surface area contributed by atoms with Crippen LogP contribution in [0.15, 0.2) is 18.2 Å². The highest BCUT2D eigenvalue weighted by molar-refractivity contribution is 6.30. The molecule has 1 atom stereocenters. The number of ether oxygens (including phenoxy) is 1. The van der Waals surface area contributed by atoms with Gasteiger partial charge in [0, 0.05) is 17.0 Å². The maximum absolute atomic E-state index is 10.4. The number of benzene rings is 1. The number of rotatable bonds is 1. The molecule has 3 rings (SSSR count). The molecule has 1 aromatic carbocycles. The minimum absolute atomic E-state index is 0.161. The van der Waals surface area contributed by atoms with E-state index in [4.69, 9.17) is 16.3 Å². The van der Waals surface area contributed by atoms with Gasteiger partial charge in [0.1, 0.15) is 11.4 Å². The summed E-state index contributed by atoms with van der Waals surface area (Å²) >= 11 is 6.01. The lowest BCUT2D eigenvalue weighted by Gasteiger charge is -2.45. The van der Waals surface area contributed by atoms with Crippen LogP contribution in [0.1, 0.15) is 57.6 Å². The van der Waals surface area contributed by atoms with Gasteiger partial charge in [-0.05, 0) is 55.7 Å². The number of aliphatic hydroxyl groups is 1. The number of aliphatic hydroxyl groups excluding tert-OH is 1. The van der Waals surface area contributed by atoms with Gasteiger partial charge in [0.2, 0.25) is 0 Å². The lowest BCUT2D eigenvalue weighted by molar-refractivity contribution is -0.0503. The van der Waals surface area contributed by atoms with Crippen molar-refractivity contribution in [1.82, 2.24) is 0 Å². The van der Waals surface area contributed by atoms with E-state index < -0.39 is 6.10 Å². The molecule has 0 bridgehead atoms. The number of hydrogen-bond acceptors (Lipinski definition) is 2. The molecule has 1 N–H and O–H groups in total. The molecule has 2 aliphatic rings. The van der Waals surface area contributed by atoms with Gasteiger partial charge in [0.15, 0.2) is 0 Å². The van der Waals surface area contributed by atoms with Crippen molar-refractivity contribution < 1.29 is 9.84 Å². The topological polar surface area (TPSA) is 29.5 Å². The Hall–Kier alpha value is -0.730. The normalized spacial score (nSPS) is 33.0. The van der Waals surface area contributed by atoms with E-state index in [9.17, 15) is 5.11 Å². The first-order chi connectivity index (χ1) is 9.49. The fourth-order valence-corrected chi connectivity index (χ4v) is 3.93. The second kappa shape index (κ2) is 5.23. The molecule has 3 heteroatoms. The van der Waals surface area contributed by atoms with Gasteiger partial charge >= 0.3 is 0 Å². The maximum Gasteiger partial charge on any atom is 0.126 e. The van der Waals surface area contributed by atoms with E-state index in [2.05, 4.69) is 13.8 Å². The monoisotopic (exact) mass is 294 g/mol. The van der Waals surface area contributed by atoms with E-state index in [1.54, 1.807) is 0 Å². The van der Waals surface area contributed by atoms with Crippen molar-refractivity contribution in [2.75, 3.05) is 0 Å². The summed E-state index contributed by atoms with van der Waals surface area (Å²) in [6.07, 6.45) is 4.75. The molecule has 0 aromatic heterocycles. The van der Waals surface area contributed by atoms with Gasteiger partial charge in [-0.25, -0.2) is 0 Å². The van der Waals surface area contributed by atoms with Crippen LogP contribution in [0.4, 0.5) is 0 Å². The first-order valence-corrected chi connectivity index (χ1v) is 8.03. The van der Waals surface area contributed by atoms with E-state index in [0.717, 1.165) is 36.0 Å². The summed E-state index contributed by atoms with van der Waals surface area (Å²) in [7, 11) is 0. The zero-order valence-corrected chi connectivity index (χ0v) is 13.0. The van der Waals surface area contributed by atoms with Crippen molar-refractivity contribution in [1.29, 1.82) is 0 Å². The minimum Gasteiger partial charge on any atom is -0.487 e. The summed E-state index contributed by atoms with van der Waals surface area (Å²) in [6.45, 7) is 4.60. The van der Waals surface area contributed by atoms with Crippen LogP contribution in [-0.2, 0) is 0 Å². The standard InChI is InChI=1S/C17H23ClO2/c1-11(2)12-5-7-17(8-6-12)10-15(19)14-9-13(18)3-4-16(14)20-17/h3-4,9,11-12,15,19H,5-8,10H2,1-2H3/t12?,15-,17?/m1/s1. The first-order valence-electron chi connectivity index (χ1n) is 7.66. The van der Waals surface area contributed by atoms with Gasteiger partial charge in [0.25, 0.3) is 0 Å². The lowest BCUT2D eigenvalue weighted by atomic mass is 9.71. The smallest absolute Gasteiger partial charge is 0.126 e. The molecule has 1 fully saturated rings. The minimum atomic E-state index is -0.451. The molecule has 110 valence electrons. The van der Waals surface area contributed by atoms with Gasteiger partial charge in [-0.1, -0.05) is 25.4 Å². The molecule has 0 radical (unpaired) electrons. The van der Waals surface area contributed by atoms with Gasteiger partial charge in [-0.3, -0.25) is 0 Å². The zero-order valence-electron chi connectivity index (χ0n) is 12.2. The van der Waals surface area contributed by atoms with Gasteiger partial charge in [-0.2, -0.15) is 0 Å². The molecular formula is C17H23ClO2. The van der Waals surface area contributed by atoms with Crippen molar-refractivity contribution in [3.63, 3.8) is 0 Å². The Morgan fingerprint density at radius 2 is 2.00 bits per heavy atom. The summed E-state index contributed by atoms with van der Waals surface area (Å²) in [5.74, 6) is 2.36. The Labute approximate surface area is 126 Å². The molecule has 20 heavy (non-hydrogen) atoms. The number of hydrogen-bond donors (Lipinski definition) is 1. The van der Waals surface area contributed by atoms with Crippen molar-refractivity contribution in [3.8, 4) is 5.75 Å². The Kier molecular flexibility index (Phi) is 3.72. The quantitative estimate of drug-likeness (QED) is 0.810. The molecular weight excluding hydrogens is 272 g/mol. The van der Waals surface area contributed by atoms with Crippen LogP contribution in [0, 0.1) is 11.8 Å².